The van der Waals surface area contributed by atoms with E-state index < -0.39 is 5.97 Å². The molecule has 2 aromatic heterocycles. The summed E-state index contributed by atoms with van der Waals surface area (Å²) in [6.45, 7) is 3.60. The van der Waals surface area contributed by atoms with E-state index in [2.05, 4.69) is 20.5 Å². The van der Waals surface area contributed by atoms with Crippen molar-refractivity contribution in [2.75, 3.05) is 5.32 Å². The molecular weight excluding hydrogens is 270 g/mol. The molecule has 0 fully saturated rings. The van der Waals surface area contributed by atoms with Crippen molar-refractivity contribution in [1.82, 2.24) is 19.6 Å². The zero-order valence-electron chi connectivity index (χ0n) is 11.5. The van der Waals surface area contributed by atoms with Gasteiger partial charge in [0.2, 0.25) is 5.65 Å². The average molecular weight is 283 g/mol. The predicted molar refractivity (Wildman–Crippen MR) is 76.9 cm³/mol. The average Bonchev–Trinajstić information content (AvgIpc) is 2.84. The van der Waals surface area contributed by atoms with E-state index >= 15 is 0 Å². The van der Waals surface area contributed by atoms with E-state index in [9.17, 15) is 4.79 Å². The Bertz CT molecular complexity index is 840. The fourth-order valence-corrected chi connectivity index (χ4v) is 2.10. The van der Waals surface area contributed by atoms with E-state index in [1.54, 1.807) is 37.5 Å². The number of hydrogen-bond acceptors (Lipinski definition) is 5. The monoisotopic (exact) mass is 283 g/mol. The van der Waals surface area contributed by atoms with Crippen LogP contribution >= 0.6 is 0 Å². The number of anilines is 2. The third kappa shape index (κ3) is 2.29. The zero-order chi connectivity index (χ0) is 15.0. The van der Waals surface area contributed by atoms with Gasteiger partial charge in [0.1, 0.15) is 5.82 Å². The maximum atomic E-state index is 11.2. The fourth-order valence-electron chi connectivity index (χ4n) is 2.10. The van der Waals surface area contributed by atoms with Gasteiger partial charge < -0.3 is 10.4 Å². The molecule has 0 aliphatic carbocycles. The van der Waals surface area contributed by atoms with Crippen molar-refractivity contribution < 1.29 is 9.90 Å². The highest BCUT2D eigenvalue weighted by Crippen LogP contribution is 2.21. The first kappa shape index (κ1) is 13.0. The number of aromatic carboxylic acids is 1. The summed E-state index contributed by atoms with van der Waals surface area (Å²) in [7, 11) is 0. The van der Waals surface area contributed by atoms with Crippen molar-refractivity contribution >= 4 is 23.1 Å². The molecule has 0 aliphatic rings. The van der Waals surface area contributed by atoms with E-state index in [0.29, 0.717) is 22.7 Å². The van der Waals surface area contributed by atoms with Gasteiger partial charge in [0.05, 0.1) is 5.56 Å². The summed E-state index contributed by atoms with van der Waals surface area (Å²) >= 11 is 0. The summed E-state index contributed by atoms with van der Waals surface area (Å²) in [5.74, 6) is 0.324. The van der Waals surface area contributed by atoms with Gasteiger partial charge in [0.25, 0.3) is 0 Å². The molecule has 1 aromatic carbocycles. The zero-order valence-corrected chi connectivity index (χ0v) is 11.5. The Labute approximate surface area is 120 Å². The summed E-state index contributed by atoms with van der Waals surface area (Å²) in [6, 6.07) is 5.13. The van der Waals surface area contributed by atoms with Gasteiger partial charge in [0, 0.05) is 18.1 Å². The molecule has 7 nitrogen and oxygen atoms in total. The Morgan fingerprint density at radius 1 is 1.29 bits per heavy atom. The second-order valence-electron chi connectivity index (χ2n) is 4.68. The lowest BCUT2D eigenvalue weighted by molar-refractivity contribution is 0.0696. The maximum absolute atomic E-state index is 11.2. The van der Waals surface area contributed by atoms with Crippen molar-refractivity contribution in [3.05, 3.63) is 47.5 Å². The van der Waals surface area contributed by atoms with Gasteiger partial charge >= 0.3 is 5.97 Å². The summed E-state index contributed by atoms with van der Waals surface area (Å²) in [4.78, 5) is 15.4. The van der Waals surface area contributed by atoms with E-state index in [0.717, 1.165) is 5.82 Å². The number of nitrogens with one attached hydrogen (secondary N) is 1. The van der Waals surface area contributed by atoms with Gasteiger partial charge in [-0.3, -0.25) is 4.40 Å². The van der Waals surface area contributed by atoms with Crippen LogP contribution in [0, 0.1) is 13.8 Å². The number of benzene rings is 1. The SMILES string of the molecule is Cc1ccc(Nc2nccn3c(C)nnc23)cc1C(=O)O. The molecule has 0 atom stereocenters. The molecule has 0 saturated carbocycles. The number of hydrogen-bond donors (Lipinski definition) is 2. The van der Waals surface area contributed by atoms with Gasteiger partial charge in [-0.2, -0.15) is 0 Å². The number of aromatic nitrogens is 4. The first-order valence-electron chi connectivity index (χ1n) is 6.33. The number of carbonyl (C=O) groups is 1. The van der Waals surface area contributed by atoms with E-state index in [4.69, 9.17) is 5.11 Å². The summed E-state index contributed by atoms with van der Waals surface area (Å²) in [5.41, 5.74) is 2.19. The molecule has 0 unspecified atom stereocenters. The third-order valence-corrected chi connectivity index (χ3v) is 3.23. The smallest absolute Gasteiger partial charge is 0.336 e. The lowest BCUT2D eigenvalue weighted by Gasteiger charge is -2.08. The number of fused-ring (bicyclic) bond motifs is 1. The second-order valence-corrected chi connectivity index (χ2v) is 4.68. The second kappa shape index (κ2) is 4.86. The Morgan fingerprint density at radius 3 is 2.86 bits per heavy atom. The summed E-state index contributed by atoms with van der Waals surface area (Å²) < 4.78 is 1.81. The Balaban J connectivity index is 2.03. The molecule has 2 N–H and O–H groups in total. The summed E-state index contributed by atoms with van der Waals surface area (Å²) in [5, 5.41) is 20.3. The van der Waals surface area contributed by atoms with Crippen LogP contribution in [-0.2, 0) is 0 Å². The molecule has 3 aromatic rings. The molecule has 0 radical (unpaired) electrons. The quantitative estimate of drug-likeness (QED) is 0.765. The van der Waals surface area contributed by atoms with Crippen LogP contribution in [0.1, 0.15) is 21.7 Å². The van der Waals surface area contributed by atoms with Crippen LogP contribution in [0.5, 0.6) is 0 Å². The standard InChI is InChI=1S/C14H13N5O2/c1-8-3-4-10(7-11(8)14(20)21)16-12-13-18-17-9(2)19(13)6-5-15-12/h3-7H,1-2H3,(H,15,16)(H,20,21). The Kier molecular flexibility index (Phi) is 3.02. The number of rotatable bonds is 3. The largest absolute Gasteiger partial charge is 0.478 e. The molecule has 3 rings (SSSR count). The van der Waals surface area contributed by atoms with E-state index in [-0.39, 0.29) is 5.56 Å². The molecule has 7 heteroatoms. The minimum atomic E-state index is -0.958. The van der Waals surface area contributed by atoms with Crippen LogP contribution < -0.4 is 5.32 Å². The molecule has 106 valence electrons. The first-order chi connectivity index (χ1) is 10.1. The predicted octanol–water partition coefficient (Wildman–Crippen LogP) is 2.18. The molecular formula is C14H13N5O2. The minimum Gasteiger partial charge on any atom is -0.478 e. The Hall–Kier alpha value is -2.96. The van der Waals surface area contributed by atoms with E-state index in [1.807, 2.05) is 11.3 Å². The topological polar surface area (TPSA) is 92.4 Å². The van der Waals surface area contributed by atoms with Gasteiger partial charge in [-0.25, -0.2) is 9.78 Å². The molecule has 0 spiro atoms. The number of carboxylic acid groups (broad SMARTS) is 1. The van der Waals surface area contributed by atoms with Crippen molar-refractivity contribution in [2.45, 2.75) is 13.8 Å². The summed E-state index contributed by atoms with van der Waals surface area (Å²) in [6.07, 6.45) is 3.41. The van der Waals surface area contributed by atoms with Crippen LogP contribution in [0.2, 0.25) is 0 Å². The highest BCUT2D eigenvalue weighted by Gasteiger charge is 2.11. The van der Waals surface area contributed by atoms with Gasteiger partial charge in [-0.15, -0.1) is 10.2 Å². The lowest BCUT2D eigenvalue weighted by Crippen LogP contribution is -2.03. The maximum Gasteiger partial charge on any atom is 0.336 e. The highest BCUT2D eigenvalue weighted by atomic mass is 16.4. The molecule has 0 amide bonds. The molecule has 0 aliphatic heterocycles. The van der Waals surface area contributed by atoms with Crippen molar-refractivity contribution in [3.63, 3.8) is 0 Å². The van der Waals surface area contributed by atoms with Crippen molar-refractivity contribution in [1.29, 1.82) is 0 Å². The van der Waals surface area contributed by atoms with Gasteiger partial charge in [-0.05, 0) is 31.5 Å². The molecule has 0 bridgehead atoms. The van der Waals surface area contributed by atoms with Crippen molar-refractivity contribution in [2.24, 2.45) is 0 Å². The first-order valence-corrected chi connectivity index (χ1v) is 6.33. The molecule has 2 heterocycles. The third-order valence-electron chi connectivity index (χ3n) is 3.23. The minimum absolute atomic E-state index is 0.254. The molecule has 21 heavy (non-hydrogen) atoms. The molecule has 0 saturated heterocycles. The highest BCUT2D eigenvalue weighted by molar-refractivity contribution is 5.91. The normalized spacial score (nSPS) is 10.8. The Morgan fingerprint density at radius 2 is 2.10 bits per heavy atom. The number of nitrogens with zero attached hydrogens (tertiary/aromatic N) is 4. The fraction of sp³-hybridized carbons (Fsp3) is 0.143. The van der Waals surface area contributed by atoms with Crippen LogP contribution in [0.3, 0.4) is 0 Å². The van der Waals surface area contributed by atoms with E-state index in [1.165, 1.54) is 0 Å². The van der Waals surface area contributed by atoms with Crippen molar-refractivity contribution in [3.8, 4) is 0 Å². The van der Waals surface area contributed by atoms with Crippen LogP contribution in [0.15, 0.2) is 30.6 Å². The van der Waals surface area contributed by atoms with Crippen LogP contribution in [0.4, 0.5) is 11.5 Å². The van der Waals surface area contributed by atoms with Gasteiger partial charge in [-0.1, -0.05) is 6.07 Å². The number of carboxylic acids is 1. The van der Waals surface area contributed by atoms with Gasteiger partial charge in [0.15, 0.2) is 5.82 Å². The van der Waals surface area contributed by atoms with Crippen LogP contribution in [-0.4, -0.2) is 30.7 Å². The number of aryl methyl sites for hydroxylation is 2. The lowest BCUT2D eigenvalue weighted by atomic mass is 10.1. The van der Waals surface area contributed by atoms with Crippen LogP contribution in [0.25, 0.3) is 5.65 Å².